The predicted octanol–water partition coefficient (Wildman–Crippen LogP) is 5.85. The second kappa shape index (κ2) is 15.8. The van der Waals surface area contributed by atoms with Gasteiger partial charge in [-0.05, 0) is 87.2 Å². The molecule has 45 heavy (non-hydrogen) atoms. The molecule has 0 saturated heterocycles. The molecule has 0 heterocycles. The van der Waals surface area contributed by atoms with Crippen molar-refractivity contribution >= 4 is 27.5 Å². The van der Waals surface area contributed by atoms with Gasteiger partial charge in [0.25, 0.3) is 10.0 Å². The number of amides is 2. The van der Waals surface area contributed by atoms with Crippen LogP contribution in [0.5, 0.6) is 11.5 Å². The molecule has 1 atom stereocenters. The first-order chi connectivity index (χ1) is 21.7. The van der Waals surface area contributed by atoms with Crippen LogP contribution in [0.3, 0.4) is 0 Å². The van der Waals surface area contributed by atoms with Crippen LogP contribution in [0.1, 0.15) is 63.5 Å². The lowest BCUT2D eigenvalue weighted by Gasteiger charge is -2.34. The molecule has 242 valence electrons. The fourth-order valence-electron chi connectivity index (χ4n) is 5.67. The Labute approximate surface area is 267 Å². The van der Waals surface area contributed by atoms with E-state index >= 15 is 0 Å². The molecule has 2 amide bonds. The first-order valence-electron chi connectivity index (χ1n) is 15.7. The van der Waals surface area contributed by atoms with Gasteiger partial charge in [-0.3, -0.25) is 13.9 Å². The highest BCUT2D eigenvalue weighted by atomic mass is 32.2. The molecular weight excluding hydrogens is 590 g/mol. The molecule has 0 bridgehead atoms. The summed E-state index contributed by atoms with van der Waals surface area (Å²) in [6.07, 6.45) is 5.46. The Bertz CT molecular complexity index is 1520. The van der Waals surface area contributed by atoms with Crippen LogP contribution in [-0.2, 0) is 26.2 Å². The molecule has 10 heteroatoms. The molecule has 0 radical (unpaired) electrons. The van der Waals surface area contributed by atoms with Gasteiger partial charge in [0.2, 0.25) is 11.8 Å². The average Bonchev–Trinajstić information content (AvgIpc) is 3.05. The maximum atomic E-state index is 14.4. The third-order valence-corrected chi connectivity index (χ3v) is 9.94. The van der Waals surface area contributed by atoms with Crippen molar-refractivity contribution in [3.05, 3.63) is 83.9 Å². The number of benzene rings is 3. The molecule has 0 aliphatic heterocycles. The van der Waals surface area contributed by atoms with Gasteiger partial charge >= 0.3 is 0 Å². The number of carbonyl (C=O) groups excluding carboxylic acids is 2. The summed E-state index contributed by atoms with van der Waals surface area (Å²) in [7, 11) is -2.61. The van der Waals surface area contributed by atoms with Crippen LogP contribution in [0.2, 0.25) is 0 Å². The van der Waals surface area contributed by atoms with E-state index < -0.39 is 28.5 Å². The number of rotatable bonds is 14. The number of nitrogens with one attached hydrogen (secondary N) is 1. The van der Waals surface area contributed by atoms with Gasteiger partial charge in [-0.1, -0.05) is 56.0 Å². The molecular formula is C35H45N3O6S. The van der Waals surface area contributed by atoms with E-state index in [4.69, 9.17) is 9.47 Å². The van der Waals surface area contributed by atoms with Crippen molar-refractivity contribution in [2.24, 2.45) is 0 Å². The van der Waals surface area contributed by atoms with Gasteiger partial charge in [-0.15, -0.1) is 0 Å². The van der Waals surface area contributed by atoms with Crippen molar-refractivity contribution in [1.29, 1.82) is 0 Å². The first-order valence-corrected chi connectivity index (χ1v) is 17.1. The number of hydrogen-bond acceptors (Lipinski definition) is 6. The summed E-state index contributed by atoms with van der Waals surface area (Å²) >= 11 is 0. The summed E-state index contributed by atoms with van der Waals surface area (Å²) in [6, 6.07) is 19.7. The number of carbonyl (C=O) groups is 2. The Morgan fingerprint density at radius 3 is 2.24 bits per heavy atom. The Morgan fingerprint density at radius 2 is 1.62 bits per heavy atom. The Kier molecular flexibility index (Phi) is 11.9. The minimum absolute atomic E-state index is 0.0285. The molecule has 1 aliphatic carbocycles. The fraction of sp³-hybridized carbons (Fsp3) is 0.429. The number of aryl methyl sites for hydroxylation is 1. The van der Waals surface area contributed by atoms with Gasteiger partial charge < -0.3 is 19.7 Å². The molecule has 1 N–H and O–H groups in total. The SMILES string of the molecule is CCOc1ccc(S(=O)(=O)N(CC(=O)N(Cc2cccc(OC)c2)[C@@H](CC)C(=O)NC2CCCCC2)c2ccc(C)cc2)cc1. The van der Waals surface area contributed by atoms with Crippen molar-refractivity contribution < 1.29 is 27.5 Å². The highest BCUT2D eigenvalue weighted by Gasteiger charge is 2.34. The molecule has 1 fully saturated rings. The second-order valence-electron chi connectivity index (χ2n) is 11.4. The van der Waals surface area contributed by atoms with Gasteiger partial charge in [0.1, 0.15) is 24.1 Å². The summed E-state index contributed by atoms with van der Waals surface area (Å²) in [6.45, 7) is 5.70. The zero-order valence-corrected chi connectivity index (χ0v) is 27.5. The summed E-state index contributed by atoms with van der Waals surface area (Å²) in [5.41, 5.74) is 2.07. The number of methoxy groups -OCH3 is 1. The molecule has 3 aromatic rings. The lowest BCUT2D eigenvalue weighted by molar-refractivity contribution is -0.140. The van der Waals surface area contributed by atoms with Gasteiger partial charge in [0.15, 0.2) is 0 Å². The van der Waals surface area contributed by atoms with Crippen molar-refractivity contribution in [3.8, 4) is 11.5 Å². The highest BCUT2D eigenvalue weighted by Crippen LogP contribution is 2.27. The minimum atomic E-state index is -4.18. The van der Waals surface area contributed by atoms with Gasteiger partial charge in [-0.2, -0.15) is 0 Å². The summed E-state index contributed by atoms with van der Waals surface area (Å²) in [5.74, 6) is 0.461. The largest absolute Gasteiger partial charge is 0.497 e. The monoisotopic (exact) mass is 635 g/mol. The summed E-state index contributed by atoms with van der Waals surface area (Å²) in [4.78, 5) is 29.6. The van der Waals surface area contributed by atoms with Crippen LogP contribution in [-0.4, -0.2) is 57.5 Å². The van der Waals surface area contributed by atoms with E-state index in [1.807, 2.05) is 45.0 Å². The predicted molar refractivity (Wildman–Crippen MR) is 176 cm³/mol. The van der Waals surface area contributed by atoms with Crippen LogP contribution in [0, 0.1) is 6.92 Å². The third-order valence-electron chi connectivity index (χ3n) is 8.15. The van der Waals surface area contributed by atoms with Gasteiger partial charge in [0.05, 0.1) is 24.3 Å². The van der Waals surface area contributed by atoms with Crippen molar-refractivity contribution in [1.82, 2.24) is 10.2 Å². The zero-order valence-electron chi connectivity index (χ0n) is 26.7. The number of nitrogens with zero attached hydrogens (tertiary/aromatic N) is 2. The highest BCUT2D eigenvalue weighted by molar-refractivity contribution is 7.92. The molecule has 1 aliphatic rings. The summed E-state index contributed by atoms with van der Waals surface area (Å²) in [5, 5.41) is 3.18. The number of hydrogen-bond donors (Lipinski definition) is 1. The average molecular weight is 636 g/mol. The molecule has 0 spiro atoms. The van der Waals surface area contributed by atoms with Crippen LogP contribution >= 0.6 is 0 Å². The molecule has 9 nitrogen and oxygen atoms in total. The van der Waals surface area contributed by atoms with Crippen LogP contribution in [0.4, 0.5) is 5.69 Å². The number of anilines is 1. The Hall–Kier alpha value is -4.05. The maximum Gasteiger partial charge on any atom is 0.264 e. The lowest BCUT2D eigenvalue weighted by atomic mass is 9.95. The van der Waals surface area contributed by atoms with E-state index in [1.54, 1.807) is 43.5 Å². The zero-order chi connectivity index (χ0) is 32.4. The molecule has 0 unspecified atom stereocenters. The smallest absolute Gasteiger partial charge is 0.264 e. The van der Waals surface area contributed by atoms with E-state index in [2.05, 4.69) is 5.32 Å². The number of sulfonamides is 1. The molecule has 0 aromatic heterocycles. The van der Waals surface area contributed by atoms with Gasteiger partial charge in [-0.25, -0.2) is 8.42 Å². The fourth-order valence-corrected chi connectivity index (χ4v) is 7.09. The van der Waals surface area contributed by atoms with E-state index in [-0.39, 0.29) is 23.4 Å². The van der Waals surface area contributed by atoms with Crippen LogP contribution in [0.25, 0.3) is 0 Å². The standard InChI is InChI=1S/C35H45N3O6S/c1-5-33(35(40)36-28-12-8-7-9-13-28)37(24-27-11-10-14-31(23-27)43-4)34(39)25-38(29-17-15-26(3)16-18-29)45(41,42)32-21-19-30(20-22-32)44-6-2/h10-11,14-23,28,33H,5-9,12-13,24-25H2,1-4H3,(H,36,40)/t33-/m0/s1. The molecule has 3 aromatic carbocycles. The Balaban J connectivity index is 1.70. The lowest BCUT2D eigenvalue weighted by Crippen LogP contribution is -2.54. The van der Waals surface area contributed by atoms with Gasteiger partial charge in [0, 0.05) is 12.6 Å². The van der Waals surface area contributed by atoms with Crippen molar-refractivity contribution in [2.75, 3.05) is 24.6 Å². The first kappa shape index (κ1) is 33.8. The number of ether oxygens (including phenoxy) is 2. The van der Waals surface area contributed by atoms with Crippen LogP contribution in [0.15, 0.2) is 77.7 Å². The van der Waals surface area contributed by atoms with E-state index in [1.165, 1.54) is 17.0 Å². The second-order valence-corrected chi connectivity index (χ2v) is 13.3. The minimum Gasteiger partial charge on any atom is -0.497 e. The maximum absolute atomic E-state index is 14.4. The van der Waals surface area contributed by atoms with E-state index in [9.17, 15) is 18.0 Å². The van der Waals surface area contributed by atoms with E-state index in [0.717, 1.165) is 47.5 Å². The van der Waals surface area contributed by atoms with Crippen molar-refractivity contribution in [2.45, 2.75) is 82.8 Å². The van der Waals surface area contributed by atoms with Crippen molar-refractivity contribution in [3.63, 3.8) is 0 Å². The van der Waals surface area contributed by atoms with E-state index in [0.29, 0.717) is 30.2 Å². The normalized spacial score (nSPS) is 14.3. The van der Waals surface area contributed by atoms with Crippen LogP contribution < -0.4 is 19.1 Å². The Morgan fingerprint density at radius 1 is 0.933 bits per heavy atom. The molecule has 4 rings (SSSR count). The quantitative estimate of drug-likeness (QED) is 0.238. The summed E-state index contributed by atoms with van der Waals surface area (Å²) < 4.78 is 40.3. The third kappa shape index (κ3) is 8.78. The molecule has 1 saturated carbocycles. The topological polar surface area (TPSA) is 105 Å².